The summed E-state index contributed by atoms with van der Waals surface area (Å²) >= 11 is 1.63. The van der Waals surface area contributed by atoms with Crippen LogP contribution in [0.2, 0.25) is 0 Å². The predicted molar refractivity (Wildman–Crippen MR) is 77.4 cm³/mol. The van der Waals surface area contributed by atoms with Gasteiger partial charge in [-0.2, -0.15) is 11.8 Å². The lowest BCUT2D eigenvalue weighted by Gasteiger charge is -2.04. The first kappa shape index (κ1) is 15.9. The molecule has 0 aliphatic rings. The molecular weight excluding hydrogens is 300 g/mol. The summed E-state index contributed by atoms with van der Waals surface area (Å²) in [6, 6.07) is 7.77. The molecule has 5 heteroatoms. The Labute approximate surface area is 125 Å². The quantitative estimate of drug-likeness (QED) is 0.547. The van der Waals surface area contributed by atoms with Crippen LogP contribution in [-0.4, -0.2) is 11.5 Å². The zero-order chi connectivity index (χ0) is 15.2. The van der Waals surface area contributed by atoms with Gasteiger partial charge >= 0.3 is 0 Å². The van der Waals surface area contributed by atoms with Crippen LogP contribution in [0.4, 0.5) is 17.6 Å². The van der Waals surface area contributed by atoms with E-state index in [2.05, 4.69) is 0 Å². The van der Waals surface area contributed by atoms with Gasteiger partial charge in [0.05, 0.1) is 0 Å². The van der Waals surface area contributed by atoms with Crippen LogP contribution in [0.3, 0.4) is 0 Å². The van der Waals surface area contributed by atoms with E-state index in [1.807, 2.05) is 0 Å². The molecule has 0 bridgehead atoms. The molecule has 2 aromatic carbocycles. The molecule has 0 atom stereocenters. The summed E-state index contributed by atoms with van der Waals surface area (Å²) in [6.45, 7) is 0. The molecule has 2 aromatic rings. The maximum Gasteiger partial charge on any atom is 0.159 e. The van der Waals surface area contributed by atoms with Gasteiger partial charge in [0, 0.05) is 0 Å². The predicted octanol–water partition coefficient (Wildman–Crippen LogP) is 4.76. The van der Waals surface area contributed by atoms with Gasteiger partial charge in [0.2, 0.25) is 0 Å². The van der Waals surface area contributed by atoms with Crippen molar-refractivity contribution in [1.82, 2.24) is 0 Å². The molecule has 0 spiro atoms. The first-order valence-corrected chi connectivity index (χ1v) is 7.67. The summed E-state index contributed by atoms with van der Waals surface area (Å²) in [5, 5.41) is 0. The third kappa shape index (κ3) is 4.77. The molecule has 112 valence electrons. The van der Waals surface area contributed by atoms with Gasteiger partial charge in [-0.1, -0.05) is 12.1 Å². The Kier molecular flexibility index (Phi) is 5.67. The van der Waals surface area contributed by atoms with Gasteiger partial charge in [-0.05, 0) is 59.7 Å². The van der Waals surface area contributed by atoms with Crippen molar-refractivity contribution in [2.24, 2.45) is 0 Å². The lowest BCUT2D eigenvalue weighted by Crippen LogP contribution is -1.96. The fraction of sp³-hybridized carbons (Fsp3) is 0.250. The second-order valence-corrected chi connectivity index (χ2v) is 5.83. The molecule has 0 saturated heterocycles. The molecule has 0 amide bonds. The highest BCUT2D eigenvalue weighted by molar-refractivity contribution is 7.99. The van der Waals surface area contributed by atoms with Crippen LogP contribution < -0.4 is 0 Å². The van der Waals surface area contributed by atoms with Gasteiger partial charge in [0.25, 0.3) is 0 Å². The van der Waals surface area contributed by atoms with Crippen molar-refractivity contribution in [1.29, 1.82) is 0 Å². The van der Waals surface area contributed by atoms with E-state index in [0.717, 1.165) is 34.8 Å². The summed E-state index contributed by atoms with van der Waals surface area (Å²) in [4.78, 5) is 0. The summed E-state index contributed by atoms with van der Waals surface area (Å²) in [7, 11) is 0. The minimum absolute atomic E-state index is 0.639. The number of hydrogen-bond acceptors (Lipinski definition) is 1. The largest absolute Gasteiger partial charge is 0.204 e. The Morgan fingerprint density at radius 3 is 1.43 bits per heavy atom. The van der Waals surface area contributed by atoms with Crippen molar-refractivity contribution >= 4 is 11.8 Å². The minimum Gasteiger partial charge on any atom is -0.204 e. The highest BCUT2D eigenvalue weighted by Crippen LogP contribution is 2.14. The third-order valence-corrected chi connectivity index (χ3v) is 4.02. The number of halogens is 4. The molecule has 0 N–H and O–H groups in total. The Morgan fingerprint density at radius 2 is 1.05 bits per heavy atom. The van der Waals surface area contributed by atoms with Crippen molar-refractivity contribution in [3.05, 3.63) is 70.8 Å². The maximum absolute atomic E-state index is 13.0. The van der Waals surface area contributed by atoms with Crippen molar-refractivity contribution < 1.29 is 17.6 Å². The number of benzene rings is 2. The van der Waals surface area contributed by atoms with Gasteiger partial charge in [-0.25, -0.2) is 17.6 Å². The van der Waals surface area contributed by atoms with Gasteiger partial charge in [0.15, 0.2) is 23.3 Å². The van der Waals surface area contributed by atoms with E-state index in [1.54, 1.807) is 23.9 Å². The molecule has 2 rings (SSSR count). The molecule has 0 aromatic heterocycles. The van der Waals surface area contributed by atoms with Crippen molar-refractivity contribution in [3.8, 4) is 0 Å². The number of aryl methyl sites for hydroxylation is 2. The van der Waals surface area contributed by atoms with Crippen molar-refractivity contribution in [2.45, 2.75) is 12.8 Å². The molecule has 0 heterocycles. The maximum atomic E-state index is 13.0. The Morgan fingerprint density at radius 1 is 0.619 bits per heavy atom. The van der Waals surface area contributed by atoms with Crippen LogP contribution in [0.5, 0.6) is 0 Å². The van der Waals surface area contributed by atoms with E-state index < -0.39 is 23.3 Å². The lowest BCUT2D eigenvalue weighted by molar-refractivity contribution is 0.507. The summed E-state index contributed by atoms with van der Waals surface area (Å²) in [5.74, 6) is -1.84. The molecule has 0 radical (unpaired) electrons. The van der Waals surface area contributed by atoms with E-state index in [1.165, 1.54) is 12.1 Å². The van der Waals surface area contributed by atoms with Gasteiger partial charge in [0.1, 0.15) is 0 Å². The second kappa shape index (κ2) is 7.50. The Hall–Kier alpha value is -1.49. The van der Waals surface area contributed by atoms with Gasteiger partial charge in [-0.3, -0.25) is 0 Å². The Balaban J connectivity index is 1.72. The standard InChI is InChI=1S/C16H14F4S/c17-13-3-1-11(9-15(13)19)5-7-21-8-6-12-2-4-14(18)16(20)10-12/h1-4,9-10H,5-8H2. The molecule has 0 nitrogen and oxygen atoms in total. The number of rotatable bonds is 6. The molecule has 0 aliphatic heterocycles. The van der Waals surface area contributed by atoms with E-state index >= 15 is 0 Å². The first-order valence-electron chi connectivity index (χ1n) is 6.52. The molecule has 0 saturated carbocycles. The van der Waals surface area contributed by atoms with Crippen LogP contribution in [0.1, 0.15) is 11.1 Å². The smallest absolute Gasteiger partial charge is 0.159 e. The van der Waals surface area contributed by atoms with E-state index in [4.69, 9.17) is 0 Å². The zero-order valence-electron chi connectivity index (χ0n) is 11.2. The Bertz CT molecular complexity index is 560. The average molecular weight is 314 g/mol. The highest BCUT2D eigenvalue weighted by Gasteiger charge is 2.04. The lowest BCUT2D eigenvalue weighted by atomic mass is 10.2. The third-order valence-electron chi connectivity index (χ3n) is 3.04. The summed E-state index contributed by atoms with van der Waals surface area (Å²) < 4.78 is 51.5. The zero-order valence-corrected chi connectivity index (χ0v) is 12.0. The molecule has 0 aliphatic carbocycles. The van der Waals surface area contributed by atoms with Crippen LogP contribution in [0, 0.1) is 23.3 Å². The van der Waals surface area contributed by atoms with Gasteiger partial charge < -0.3 is 0 Å². The highest BCUT2D eigenvalue weighted by atomic mass is 32.2. The topological polar surface area (TPSA) is 0 Å². The van der Waals surface area contributed by atoms with Crippen LogP contribution in [0.25, 0.3) is 0 Å². The second-order valence-electron chi connectivity index (χ2n) is 4.61. The van der Waals surface area contributed by atoms with Crippen molar-refractivity contribution in [3.63, 3.8) is 0 Å². The molecular formula is C16H14F4S. The number of thioether (sulfide) groups is 1. The summed E-state index contributed by atoms with van der Waals surface area (Å²) in [6.07, 6.45) is 1.28. The summed E-state index contributed by atoms with van der Waals surface area (Å²) in [5.41, 5.74) is 1.49. The van der Waals surface area contributed by atoms with Crippen LogP contribution in [-0.2, 0) is 12.8 Å². The number of hydrogen-bond donors (Lipinski definition) is 0. The van der Waals surface area contributed by atoms with Crippen molar-refractivity contribution in [2.75, 3.05) is 11.5 Å². The van der Waals surface area contributed by atoms with E-state index in [9.17, 15) is 17.6 Å². The molecule has 21 heavy (non-hydrogen) atoms. The molecule has 0 unspecified atom stereocenters. The normalized spacial score (nSPS) is 10.9. The van der Waals surface area contributed by atoms with E-state index in [-0.39, 0.29) is 0 Å². The SMILES string of the molecule is Fc1ccc(CCSCCc2ccc(F)c(F)c2)cc1F. The first-order chi connectivity index (χ1) is 10.1. The van der Waals surface area contributed by atoms with E-state index in [0.29, 0.717) is 12.8 Å². The molecule has 0 fully saturated rings. The fourth-order valence-corrected chi connectivity index (χ4v) is 2.84. The van der Waals surface area contributed by atoms with Crippen LogP contribution in [0.15, 0.2) is 36.4 Å². The van der Waals surface area contributed by atoms with Crippen LogP contribution >= 0.6 is 11.8 Å². The van der Waals surface area contributed by atoms with Gasteiger partial charge in [-0.15, -0.1) is 0 Å². The fourth-order valence-electron chi connectivity index (χ4n) is 1.87. The average Bonchev–Trinajstić information content (AvgIpc) is 2.46. The monoisotopic (exact) mass is 314 g/mol. The minimum atomic E-state index is -0.843.